The molecule has 2 aromatic carbocycles. The molecule has 1 aromatic heterocycles. The second-order valence-corrected chi connectivity index (χ2v) is 7.70. The Morgan fingerprint density at radius 2 is 1.73 bits per heavy atom. The Morgan fingerprint density at radius 1 is 0.885 bits per heavy atom. The van der Waals surface area contributed by atoms with Gasteiger partial charge in [0.2, 0.25) is 0 Å². The summed E-state index contributed by atoms with van der Waals surface area (Å²) in [4.78, 5) is 2.66. The SMILES string of the molecule is Cc1cccc(C2c3cccn3CCCN2Cc2ccc(C)cc2C)c1. The van der Waals surface area contributed by atoms with Gasteiger partial charge in [0.15, 0.2) is 0 Å². The summed E-state index contributed by atoms with van der Waals surface area (Å²) >= 11 is 0. The van der Waals surface area contributed by atoms with Crippen molar-refractivity contribution < 1.29 is 0 Å². The van der Waals surface area contributed by atoms with Crippen LogP contribution in [0.1, 0.15) is 46.0 Å². The number of fused-ring (bicyclic) bond motifs is 1. The molecule has 0 aliphatic carbocycles. The number of rotatable bonds is 3. The van der Waals surface area contributed by atoms with Crippen molar-refractivity contribution in [3.8, 4) is 0 Å². The van der Waals surface area contributed by atoms with Crippen LogP contribution in [0.4, 0.5) is 0 Å². The lowest BCUT2D eigenvalue weighted by Crippen LogP contribution is -2.29. The zero-order chi connectivity index (χ0) is 18.1. The molecule has 0 bridgehead atoms. The van der Waals surface area contributed by atoms with Crippen molar-refractivity contribution >= 4 is 0 Å². The largest absolute Gasteiger partial charge is 0.350 e. The zero-order valence-corrected chi connectivity index (χ0v) is 16.1. The van der Waals surface area contributed by atoms with Gasteiger partial charge in [0.25, 0.3) is 0 Å². The molecule has 0 saturated carbocycles. The standard InChI is InChI=1S/C24H28N2/c1-18-7-4-8-21(16-18)24-23-9-5-12-25(23)13-6-14-26(24)17-22-11-10-19(2)15-20(22)3/h4-5,7-12,15-16,24H,6,13-14,17H2,1-3H3. The van der Waals surface area contributed by atoms with Crippen LogP contribution in [0, 0.1) is 20.8 Å². The third-order valence-corrected chi connectivity index (χ3v) is 5.58. The summed E-state index contributed by atoms with van der Waals surface area (Å²) in [6.45, 7) is 9.82. The number of aryl methyl sites for hydroxylation is 4. The van der Waals surface area contributed by atoms with Crippen LogP contribution in [0.25, 0.3) is 0 Å². The third-order valence-electron chi connectivity index (χ3n) is 5.58. The van der Waals surface area contributed by atoms with Gasteiger partial charge in [-0.05, 0) is 56.0 Å². The molecule has 0 amide bonds. The van der Waals surface area contributed by atoms with Gasteiger partial charge in [0.05, 0.1) is 6.04 Å². The van der Waals surface area contributed by atoms with Gasteiger partial charge in [-0.2, -0.15) is 0 Å². The van der Waals surface area contributed by atoms with E-state index in [4.69, 9.17) is 0 Å². The maximum Gasteiger partial charge on any atom is 0.0759 e. The van der Waals surface area contributed by atoms with Crippen LogP contribution in [0.5, 0.6) is 0 Å². The molecular formula is C24H28N2. The summed E-state index contributed by atoms with van der Waals surface area (Å²) in [5, 5.41) is 0. The van der Waals surface area contributed by atoms with Gasteiger partial charge in [-0.1, -0.05) is 53.6 Å². The molecule has 2 heteroatoms. The quantitative estimate of drug-likeness (QED) is 0.617. The molecule has 1 aliphatic heterocycles. The van der Waals surface area contributed by atoms with Crippen molar-refractivity contribution in [3.63, 3.8) is 0 Å². The first-order valence-corrected chi connectivity index (χ1v) is 9.63. The Balaban J connectivity index is 1.76. The zero-order valence-electron chi connectivity index (χ0n) is 16.1. The lowest BCUT2D eigenvalue weighted by molar-refractivity contribution is 0.220. The summed E-state index contributed by atoms with van der Waals surface area (Å²) in [5.41, 5.74) is 8.32. The molecule has 1 unspecified atom stereocenters. The van der Waals surface area contributed by atoms with Gasteiger partial charge in [-0.25, -0.2) is 0 Å². The fourth-order valence-electron chi connectivity index (χ4n) is 4.27. The van der Waals surface area contributed by atoms with Crippen LogP contribution in [-0.4, -0.2) is 16.0 Å². The Hall–Kier alpha value is -2.32. The fourth-order valence-corrected chi connectivity index (χ4v) is 4.27. The Labute approximate surface area is 157 Å². The molecule has 1 aliphatic rings. The molecule has 1 atom stereocenters. The maximum absolute atomic E-state index is 2.66. The van der Waals surface area contributed by atoms with Crippen LogP contribution in [0.2, 0.25) is 0 Å². The predicted molar refractivity (Wildman–Crippen MR) is 108 cm³/mol. The van der Waals surface area contributed by atoms with Crippen LogP contribution >= 0.6 is 0 Å². The van der Waals surface area contributed by atoms with Gasteiger partial charge in [0, 0.05) is 31.5 Å². The smallest absolute Gasteiger partial charge is 0.0759 e. The lowest BCUT2D eigenvalue weighted by atomic mass is 9.98. The van der Waals surface area contributed by atoms with Gasteiger partial charge in [-0.3, -0.25) is 4.90 Å². The first kappa shape index (κ1) is 17.1. The van der Waals surface area contributed by atoms with Crippen molar-refractivity contribution in [1.29, 1.82) is 0 Å². The van der Waals surface area contributed by atoms with Gasteiger partial charge < -0.3 is 4.57 Å². The molecule has 0 saturated heterocycles. The normalized spacial score (nSPS) is 17.7. The van der Waals surface area contributed by atoms with Crippen molar-refractivity contribution in [2.24, 2.45) is 0 Å². The number of aromatic nitrogens is 1. The molecule has 26 heavy (non-hydrogen) atoms. The first-order chi connectivity index (χ1) is 12.6. The Morgan fingerprint density at radius 3 is 2.54 bits per heavy atom. The second-order valence-electron chi connectivity index (χ2n) is 7.70. The Bertz CT molecular complexity index is 906. The fraction of sp³-hybridized carbons (Fsp3) is 0.333. The van der Waals surface area contributed by atoms with Gasteiger partial charge >= 0.3 is 0 Å². The molecule has 4 rings (SSSR count). The highest BCUT2D eigenvalue weighted by Crippen LogP contribution is 2.33. The molecule has 3 aromatic rings. The van der Waals surface area contributed by atoms with Crippen molar-refractivity contribution in [1.82, 2.24) is 9.47 Å². The maximum atomic E-state index is 2.66. The second kappa shape index (κ2) is 7.13. The third kappa shape index (κ3) is 3.34. The molecule has 0 fully saturated rings. The molecule has 0 N–H and O–H groups in total. The number of benzene rings is 2. The average molecular weight is 345 g/mol. The highest BCUT2D eigenvalue weighted by atomic mass is 15.2. The van der Waals surface area contributed by atoms with E-state index in [9.17, 15) is 0 Å². The molecule has 134 valence electrons. The van der Waals surface area contributed by atoms with E-state index in [1.807, 2.05) is 0 Å². The van der Waals surface area contributed by atoms with E-state index in [1.165, 1.54) is 39.9 Å². The van der Waals surface area contributed by atoms with Crippen molar-refractivity contribution in [3.05, 3.63) is 94.3 Å². The molecular weight excluding hydrogens is 316 g/mol. The summed E-state index contributed by atoms with van der Waals surface area (Å²) in [7, 11) is 0. The van der Waals surface area contributed by atoms with Gasteiger partial charge in [0.1, 0.15) is 0 Å². The van der Waals surface area contributed by atoms with Gasteiger partial charge in [-0.15, -0.1) is 0 Å². The molecule has 0 spiro atoms. The van der Waals surface area contributed by atoms with E-state index in [-0.39, 0.29) is 0 Å². The molecule has 2 nitrogen and oxygen atoms in total. The van der Waals surface area contributed by atoms with E-state index >= 15 is 0 Å². The van der Waals surface area contributed by atoms with E-state index in [0.717, 1.165) is 19.6 Å². The monoisotopic (exact) mass is 344 g/mol. The van der Waals surface area contributed by atoms with Crippen LogP contribution < -0.4 is 0 Å². The number of hydrogen-bond donors (Lipinski definition) is 0. The van der Waals surface area contributed by atoms with Crippen LogP contribution in [0.15, 0.2) is 60.8 Å². The highest BCUT2D eigenvalue weighted by molar-refractivity contribution is 5.34. The minimum Gasteiger partial charge on any atom is -0.350 e. The average Bonchev–Trinajstić information content (AvgIpc) is 2.99. The summed E-state index contributed by atoms with van der Waals surface area (Å²) in [5.74, 6) is 0. The number of nitrogens with zero attached hydrogens (tertiary/aromatic N) is 2. The molecule has 2 heterocycles. The lowest BCUT2D eigenvalue weighted by Gasteiger charge is -2.31. The summed E-state index contributed by atoms with van der Waals surface area (Å²) in [6.07, 6.45) is 3.42. The van der Waals surface area contributed by atoms with Crippen molar-refractivity contribution in [2.45, 2.75) is 46.3 Å². The van der Waals surface area contributed by atoms with E-state index < -0.39 is 0 Å². The topological polar surface area (TPSA) is 8.17 Å². The summed E-state index contributed by atoms with van der Waals surface area (Å²) < 4.78 is 2.44. The van der Waals surface area contributed by atoms with Crippen LogP contribution in [0.3, 0.4) is 0 Å². The first-order valence-electron chi connectivity index (χ1n) is 9.63. The highest BCUT2D eigenvalue weighted by Gasteiger charge is 2.27. The van der Waals surface area contributed by atoms with E-state index in [0.29, 0.717) is 6.04 Å². The van der Waals surface area contributed by atoms with Crippen molar-refractivity contribution in [2.75, 3.05) is 6.54 Å². The minimum atomic E-state index is 0.313. The predicted octanol–water partition coefficient (Wildman–Crippen LogP) is 5.41. The minimum absolute atomic E-state index is 0.313. The van der Waals surface area contributed by atoms with E-state index in [1.54, 1.807) is 0 Å². The van der Waals surface area contributed by atoms with E-state index in [2.05, 4.69) is 91.0 Å². The Kier molecular flexibility index (Phi) is 4.69. The number of hydrogen-bond acceptors (Lipinski definition) is 1. The summed E-state index contributed by atoms with van der Waals surface area (Å²) in [6, 6.07) is 20.7. The molecule has 0 radical (unpaired) electrons. The van der Waals surface area contributed by atoms with Crippen LogP contribution in [-0.2, 0) is 13.1 Å².